The van der Waals surface area contributed by atoms with Crippen LogP contribution in [0.3, 0.4) is 0 Å². The van der Waals surface area contributed by atoms with Crippen LogP contribution in [0.2, 0.25) is 0 Å². The molecule has 0 aliphatic carbocycles. The number of pyridine rings is 4. The SMILES string of the molecule is COc1cccc(C(c2cccc(C(N)=O)n2)C(c2cccnc2)c2cccnc2)n1. The zero-order chi connectivity index (χ0) is 21.6. The first-order valence-electron chi connectivity index (χ1n) is 9.75. The minimum Gasteiger partial charge on any atom is -0.481 e. The van der Waals surface area contributed by atoms with Crippen LogP contribution in [0, 0.1) is 0 Å². The van der Waals surface area contributed by atoms with E-state index in [9.17, 15) is 4.79 Å². The largest absolute Gasteiger partial charge is 0.481 e. The van der Waals surface area contributed by atoms with Gasteiger partial charge in [0.15, 0.2) is 0 Å². The van der Waals surface area contributed by atoms with E-state index in [-0.39, 0.29) is 17.5 Å². The van der Waals surface area contributed by atoms with Gasteiger partial charge >= 0.3 is 0 Å². The summed E-state index contributed by atoms with van der Waals surface area (Å²) in [5.41, 5.74) is 9.05. The molecule has 0 aliphatic rings. The monoisotopic (exact) mass is 411 g/mol. The van der Waals surface area contributed by atoms with E-state index in [0.29, 0.717) is 11.6 Å². The lowest BCUT2D eigenvalue weighted by molar-refractivity contribution is 0.0995. The minimum absolute atomic E-state index is 0.196. The molecule has 4 rings (SSSR count). The maximum Gasteiger partial charge on any atom is 0.267 e. The highest BCUT2D eigenvalue weighted by Crippen LogP contribution is 2.41. The van der Waals surface area contributed by atoms with E-state index in [4.69, 9.17) is 15.5 Å². The molecule has 7 heteroatoms. The molecule has 4 aromatic rings. The van der Waals surface area contributed by atoms with E-state index in [2.05, 4.69) is 15.0 Å². The molecule has 0 saturated heterocycles. The first kappa shape index (κ1) is 20.2. The van der Waals surface area contributed by atoms with Crippen LogP contribution in [0.1, 0.15) is 44.8 Å². The molecule has 4 aromatic heterocycles. The molecule has 1 amide bonds. The summed E-state index contributed by atoms with van der Waals surface area (Å²) in [6, 6.07) is 18.6. The van der Waals surface area contributed by atoms with E-state index in [0.717, 1.165) is 16.8 Å². The topological polar surface area (TPSA) is 104 Å². The number of carbonyl (C=O) groups is 1. The molecular formula is C24H21N5O2. The Balaban J connectivity index is 1.97. The Hall–Kier alpha value is -4.13. The number of aromatic nitrogens is 4. The van der Waals surface area contributed by atoms with E-state index >= 15 is 0 Å². The zero-order valence-corrected chi connectivity index (χ0v) is 16.9. The molecule has 1 atom stereocenters. The standard InChI is InChI=1S/C24H21N5O2/c1-31-21-11-3-9-19(29-21)23(18-8-2-10-20(28-18)24(25)30)22(16-6-4-12-26-14-16)17-7-5-13-27-15-17/h2-15,22-23H,1H3,(H2,25,30). The van der Waals surface area contributed by atoms with Gasteiger partial charge in [-0.2, -0.15) is 0 Å². The highest BCUT2D eigenvalue weighted by molar-refractivity contribution is 5.90. The molecule has 154 valence electrons. The summed E-state index contributed by atoms with van der Waals surface area (Å²) in [5, 5.41) is 0. The van der Waals surface area contributed by atoms with Gasteiger partial charge < -0.3 is 10.5 Å². The number of primary amides is 1. The molecule has 0 bridgehead atoms. The highest BCUT2D eigenvalue weighted by atomic mass is 16.5. The third-order valence-corrected chi connectivity index (χ3v) is 5.03. The molecule has 0 radical (unpaired) electrons. The Morgan fingerprint density at radius 3 is 1.97 bits per heavy atom. The Labute approximate surface area is 180 Å². The molecule has 2 N–H and O–H groups in total. The van der Waals surface area contributed by atoms with Gasteiger partial charge in [0.25, 0.3) is 5.91 Å². The first-order chi connectivity index (χ1) is 15.2. The first-order valence-corrected chi connectivity index (χ1v) is 9.75. The lowest BCUT2D eigenvalue weighted by atomic mass is 9.78. The third-order valence-electron chi connectivity index (χ3n) is 5.03. The van der Waals surface area contributed by atoms with E-state index < -0.39 is 5.91 Å². The number of rotatable bonds is 7. The molecule has 7 nitrogen and oxygen atoms in total. The minimum atomic E-state index is -0.585. The van der Waals surface area contributed by atoms with Gasteiger partial charge in [-0.3, -0.25) is 14.8 Å². The zero-order valence-electron chi connectivity index (χ0n) is 16.9. The molecule has 0 fully saturated rings. The van der Waals surface area contributed by atoms with Crippen molar-refractivity contribution in [3.63, 3.8) is 0 Å². The Morgan fingerprint density at radius 1 is 0.806 bits per heavy atom. The quantitative estimate of drug-likeness (QED) is 0.500. The predicted octanol–water partition coefficient (Wildman–Crippen LogP) is 3.34. The summed E-state index contributed by atoms with van der Waals surface area (Å²) in [6.45, 7) is 0. The maximum absolute atomic E-state index is 11.8. The molecule has 1 unspecified atom stereocenters. The number of ether oxygens (including phenoxy) is 1. The Bertz CT molecular complexity index is 1130. The fourth-order valence-electron chi connectivity index (χ4n) is 3.67. The van der Waals surface area contributed by atoms with Crippen LogP contribution < -0.4 is 10.5 Å². The molecule has 31 heavy (non-hydrogen) atoms. The van der Waals surface area contributed by atoms with Crippen LogP contribution in [-0.4, -0.2) is 33.0 Å². The van der Waals surface area contributed by atoms with Crippen molar-refractivity contribution < 1.29 is 9.53 Å². The van der Waals surface area contributed by atoms with Crippen LogP contribution in [0.4, 0.5) is 0 Å². The fourth-order valence-corrected chi connectivity index (χ4v) is 3.67. The number of methoxy groups -OCH3 is 1. The van der Waals surface area contributed by atoms with Crippen molar-refractivity contribution in [3.05, 3.63) is 114 Å². The summed E-state index contributed by atoms with van der Waals surface area (Å²) >= 11 is 0. The Kier molecular flexibility index (Phi) is 5.93. The van der Waals surface area contributed by atoms with Crippen molar-refractivity contribution >= 4 is 5.91 Å². The van der Waals surface area contributed by atoms with Crippen LogP contribution in [0.25, 0.3) is 0 Å². The van der Waals surface area contributed by atoms with E-state index in [1.165, 1.54) is 0 Å². The van der Waals surface area contributed by atoms with Gasteiger partial charge in [0.2, 0.25) is 5.88 Å². The summed E-state index contributed by atoms with van der Waals surface area (Å²) in [7, 11) is 1.58. The van der Waals surface area contributed by atoms with Gasteiger partial charge in [-0.1, -0.05) is 24.3 Å². The summed E-state index contributed by atoms with van der Waals surface area (Å²) in [5.74, 6) is -0.649. The third kappa shape index (κ3) is 4.40. The number of nitrogens with zero attached hydrogens (tertiary/aromatic N) is 4. The average Bonchev–Trinajstić information content (AvgIpc) is 2.83. The number of hydrogen-bond acceptors (Lipinski definition) is 6. The van der Waals surface area contributed by atoms with Gasteiger partial charge in [0, 0.05) is 36.8 Å². The van der Waals surface area contributed by atoms with Gasteiger partial charge in [0.05, 0.1) is 24.4 Å². The van der Waals surface area contributed by atoms with Crippen LogP contribution in [0.5, 0.6) is 5.88 Å². The van der Waals surface area contributed by atoms with Gasteiger partial charge in [0.1, 0.15) is 5.69 Å². The number of carbonyl (C=O) groups excluding carboxylic acids is 1. The summed E-state index contributed by atoms with van der Waals surface area (Å²) in [6.07, 6.45) is 7.11. The fraction of sp³-hybridized carbons (Fsp3) is 0.125. The van der Waals surface area contributed by atoms with Crippen LogP contribution >= 0.6 is 0 Å². The molecule has 0 spiro atoms. The van der Waals surface area contributed by atoms with Crippen molar-refractivity contribution in [2.24, 2.45) is 5.73 Å². The van der Waals surface area contributed by atoms with Crippen molar-refractivity contribution in [1.29, 1.82) is 0 Å². The summed E-state index contributed by atoms with van der Waals surface area (Å²) in [4.78, 5) is 29.7. The second-order valence-electron chi connectivity index (χ2n) is 6.94. The average molecular weight is 411 g/mol. The van der Waals surface area contributed by atoms with Crippen molar-refractivity contribution in [2.75, 3.05) is 7.11 Å². The normalized spacial score (nSPS) is 11.8. The molecular weight excluding hydrogens is 390 g/mol. The maximum atomic E-state index is 11.8. The second kappa shape index (κ2) is 9.13. The van der Waals surface area contributed by atoms with Crippen molar-refractivity contribution in [2.45, 2.75) is 11.8 Å². The summed E-state index contributed by atoms with van der Waals surface area (Å²) < 4.78 is 5.36. The van der Waals surface area contributed by atoms with Gasteiger partial charge in [-0.25, -0.2) is 9.97 Å². The van der Waals surface area contributed by atoms with Crippen LogP contribution in [-0.2, 0) is 0 Å². The highest BCUT2D eigenvalue weighted by Gasteiger charge is 2.31. The molecule has 0 saturated carbocycles. The van der Waals surface area contributed by atoms with Crippen molar-refractivity contribution in [1.82, 2.24) is 19.9 Å². The van der Waals surface area contributed by atoms with Gasteiger partial charge in [-0.05, 0) is 41.5 Å². The van der Waals surface area contributed by atoms with E-state index in [1.807, 2.05) is 54.9 Å². The van der Waals surface area contributed by atoms with Crippen LogP contribution in [0.15, 0.2) is 85.5 Å². The number of amides is 1. The molecule has 4 heterocycles. The lowest BCUT2D eigenvalue weighted by Gasteiger charge is -2.27. The lowest BCUT2D eigenvalue weighted by Crippen LogP contribution is -2.20. The van der Waals surface area contributed by atoms with Crippen molar-refractivity contribution in [3.8, 4) is 5.88 Å². The smallest absolute Gasteiger partial charge is 0.267 e. The van der Waals surface area contributed by atoms with Gasteiger partial charge in [-0.15, -0.1) is 0 Å². The second-order valence-corrected chi connectivity index (χ2v) is 6.94. The van der Waals surface area contributed by atoms with E-state index in [1.54, 1.807) is 37.7 Å². The number of nitrogens with two attached hydrogens (primary N) is 1. The Morgan fingerprint density at radius 2 is 1.42 bits per heavy atom. The molecule has 0 aliphatic heterocycles. The number of hydrogen-bond donors (Lipinski definition) is 1. The molecule has 0 aromatic carbocycles. The predicted molar refractivity (Wildman–Crippen MR) is 116 cm³/mol.